The van der Waals surface area contributed by atoms with E-state index in [9.17, 15) is 40.4 Å². The van der Waals surface area contributed by atoms with Gasteiger partial charge in [-0.15, -0.1) is 0 Å². The number of pyridine rings is 1. The Labute approximate surface area is 239 Å². The molecule has 3 heterocycles. The van der Waals surface area contributed by atoms with Gasteiger partial charge in [0.05, 0.1) is 27.9 Å². The normalized spacial score (nSPS) is 21.2. The van der Waals surface area contributed by atoms with Crippen molar-refractivity contribution in [1.82, 2.24) is 24.6 Å². The third kappa shape index (κ3) is 5.68. The molecule has 2 fully saturated rings. The number of hydrogen-bond acceptors (Lipinski definition) is 7. The van der Waals surface area contributed by atoms with Crippen LogP contribution in [0, 0.1) is 17.1 Å². The average Bonchev–Trinajstić information content (AvgIpc) is 3.75. The fourth-order valence-electron chi connectivity index (χ4n) is 4.89. The van der Waals surface area contributed by atoms with E-state index in [2.05, 4.69) is 26.3 Å². The molecule has 2 aromatic heterocycles. The van der Waals surface area contributed by atoms with Gasteiger partial charge in [0.2, 0.25) is 21.8 Å². The van der Waals surface area contributed by atoms with Crippen LogP contribution >= 0.6 is 0 Å². The Morgan fingerprint density at radius 3 is 2.40 bits per heavy atom. The maximum atomic E-state index is 14.8. The van der Waals surface area contributed by atoms with E-state index in [1.54, 1.807) is 0 Å². The third-order valence-corrected chi connectivity index (χ3v) is 9.24. The van der Waals surface area contributed by atoms with E-state index < -0.39 is 58.4 Å². The minimum absolute atomic E-state index is 0. The maximum absolute atomic E-state index is 14.8. The number of benzene rings is 1. The standard InChI is InChI=1S/C27H23F5N6O3S.H2/c1-14-21(29)9-23(38(14)42(40,41)19-6-4-18(28)5-7-19)25(39)34-11-16-8-22(37-24(15-2-3-15)20(16)10-33)17-12-35-26(36-13-17)27(30,31)32;/h4-8,12-15,21,23H,2-3,9,11H2,1H3,(H,34,39);1H/t14-,21+,23-;/m0./s1. The van der Waals surface area contributed by atoms with Crippen LogP contribution in [0.3, 0.4) is 0 Å². The molecule has 0 radical (unpaired) electrons. The average molecular weight is 609 g/mol. The van der Waals surface area contributed by atoms with Gasteiger partial charge in [0.25, 0.3) is 0 Å². The Balaban J connectivity index is 0.00000423. The lowest BCUT2D eigenvalue weighted by molar-refractivity contribution is -0.145. The molecule has 0 unspecified atom stereocenters. The number of halogens is 5. The molecule has 0 bridgehead atoms. The highest BCUT2D eigenvalue weighted by Gasteiger charge is 2.49. The van der Waals surface area contributed by atoms with Gasteiger partial charge in [0.15, 0.2) is 0 Å². The first-order valence-electron chi connectivity index (χ1n) is 12.9. The van der Waals surface area contributed by atoms with Crippen LogP contribution in [0.15, 0.2) is 47.6 Å². The van der Waals surface area contributed by atoms with Gasteiger partial charge in [-0.1, -0.05) is 0 Å². The summed E-state index contributed by atoms with van der Waals surface area (Å²) in [5.41, 5.74) is 1.22. The van der Waals surface area contributed by atoms with Crippen molar-refractivity contribution < 1.29 is 36.6 Å². The molecule has 42 heavy (non-hydrogen) atoms. The number of rotatable bonds is 7. The van der Waals surface area contributed by atoms with Crippen LogP contribution in [0.5, 0.6) is 0 Å². The van der Waals surface area contributed by atoms with E-state index >= 15 is 0 Å². The zero-order valence-corrected chi connectivity index (χ0v) is 22.8. The molecule has 5 rings (SSSR count). The molecule has 1 aliphatic heterocycles. The first kappa shape index (κ1) is 29.5. The van der Waals surface area contributed by atoms with Crippen molar-refractivity contribution in [1.29, 1.82) is 5.26 Å². The predicted molar refractivity (Wildman–Crippen MR) is 139 cm³/mol. The highest BCUT2D eigenvalue weighted by Crippen LogP contribution is 2.42. The van der Waals surface area contributed by atoms with Crippen molar-refractivity contribution in [3.8, 4) is 17.3 Å². The number of amides is 1. The quantitative estimate of drug-likeness (QED) is 0.391. The van der Waals surface area contributed by atoms with E-state index in [1.165, 1.54) is 13.0 Å². The van der Waals surface area contributed by atoms with E-state index in [4.69, 9.17) is 0 Å². The minimum atomic E-state index is -4.74. The molecule has 0 spiro atoms. The zero-order valence-electron chi connectivity index (χ0n) is 21.9. The fourth-order valence-corrected chi connectivity index (χ4v) is 6.70. The van der Waals surface area contributed by atoms with Gasteiger partial charge in [-0.3, -0.25) is 9.78 Å². The topological polar surface area (TPSA) is 129 Å². The van der Waals surface area contributed by atoms with E-state index in [-0.39, 0.29) is 41.2 Å². The predicted octanol–water partition coefficient (Wildman–Crippen LogP) is 4.50. The maximum Gasteiger partial charge on any atom is 0.451 e. The molecular formula is C27H25F5N6O3S. The Kier molecular flexibility index (Phi) is 7.71. The number of carbonyl (C=O) groups is 1. The third-order valence-electron chi connectivity index (χ3n) is 7.23. The molecule has 1 N–H and O–H groups in total. The monoisotopic (exact) mass is 608 g/mol. The van der Waals surface area contributed by atoms with Gasteiger partial charge in [0, 0.05) is 38.3 Å². The summed E-state index contributed by atoms with van der Waals surface area (Å²) in [6.07, 6.45) is -3.40. The number of alkyl halides is 4. The second-order valence-electron chi connectivity index (χ2n) is 10.1. The van der Waals surface area contributed by atoms with E-state index in [0.29, 0.717) is 5.69 Å². The van der Waals surface area contributed by atoms with Crippen LogP contribution in [0.25, 0.3) is 11.3 Å². The minimum Gasteiger partial charge on any atom is -0.351 e. The van der Waals surface area contributed by atoms with E-state index in [0.717, 1.165) is 53.8 Å². The van der Waals surface area contributed by atoms with Gasteiger partial charge in [-0.2, -0.15) is 22.7 Å². The Bertz CT molecular complexity index is 1660. The molecule has 1 saturated carbocycles. The lowest BCUT2D eigenvalue weighted by Crippen LogP contribution is -2.48. The van der Waals surface area contributed by atoms with Crippen LogP contribution in [0.1, 0.15) is 56.2 Å². The lowest BCUT2D eigenvalue weighted by Gasteiger charge is -2.27. The number of carbonyl (C=O) groups excluding carboxylic acids is 1. The van der Waals surface area contributed by atoms with Gasteiger partial charge < -0.3 is 5.32 Å². The fraction of sp³-hybridized carbons (Fsp3) is 0.370. The van der Waals surface area contributed by atoms with Gasteiger partial charge in [0.1, 0.15) is 24.1 Å². The number of nitrogens with one attached hydrogen (secondary N) is 1. The van der Waals surface area contributed by atoms with Crippen LogP contribution in [0.2, 0.25) is 0 Å². The SMILES string of the molecule is C[C@H]1[C@H](F)C[C@@H](C(=O)NCc2cc(-c3cnc(C(F)(F)F)nc3)nc(C3CC3)c2C#N)N1S(=O)(=O)c1ccc(F)cc1.[HH]. The van der Waals surface area contributed by atoms with Crippen LogP contribution in [0.4, 0.5) is 22.0 Å². The van der Waals surface area contributed by atoms with Crippen LogP contribution < -0.4 is 5.32 Å². The molecule has 1 aliphatic carbocycles. The largest absolute Gasteiger partial charge is 0.451 e. The Morgan fingerprint density at radius 2 is 1.83 bits per heavy atom. The molecule has 2 aliphatic rings. The van der Waals surface area contributed by atoms with Crippen LogP contribution in [-0.4, -0.2) is 51.8 Å². The smallest absolute Gasteiger partial charge is 0.351 e. The summed E-state index contributed by atoms with van der Waals surface area (Å²) in [5.74, 6) is -2.86. The first-order valence-corrected chi connectivity index (χ1v) is 14.3. The molecular weight excluding hydrogens is 583 g/mol. The van der Waals surface area contributed by atoms with Crippen molar-refractivity contribution in [2.75, 3.05) is 0 Å². The molecule has 1 aromatic carbocycles. The first-order chi connectivity index (χ1) is 19.8. The highest BCUT2D eigenvalue weighted by molar-refractivity contribution is 7.89. The van der Waals surface area contributed by atoms with E-state index in [1.807, 2.05) is 0 Å². The number of hydrogen-bond donors (Lipinski definition) is 1. The van der Waals surface area contributed by atoms with Gasteiger partial charge in [-0.25, -0.2) is 27.2 Å². The summed E-state index contributed by atoms with van der Waals surface area (Å²) in [6.45, 7) is 1.06. The van der Waals surface area contributed by atoms with Crippen molar-refractivity contribution in [3.63, 3.8) is 0 Å². The summed E-state index contributed by atoms with van der Waals surface area (Å²) in [4.78, 5) is 24.2. The molecule has 3 aromatic rings. The molecule has 3 atom stereocenters. The zero-order chi connectivity index (χ0) is 30.4. The molecule has 1 saturated heterocycles. The van der Waals surface area contributed by atoms with Crippen molar-refractivity contribution >= 4 is 15.9 Å². The van der Waals surface area contributed by atoms with Crippen molar-refractivity contribution in [2.45, 2.75) is 68.0 Å². The molecule has 15 heteroatoms. The summed E-state index contributed by atoms with van der Waals surface area (Å²) in [5, 5.41) is 12.5. The van der Waals surface area contributed by atoms with Crippen molar-refractivity contribution in [2.24, 2.45) is 0 Å². The van der Waals surface area contributed by atoms with Crippen LogP contribution in [-0.2, 0) is 27.5 Å². The number of nitriles is 1. The lowest BCUT2D eigenvalue weighted by atomic mass is 10.0. The summed E-state index contributed by atoms with van der Waals surface area (Å²) < 4.78 is 94.4. The number of sulfonamides is 1. The van der Waals surface area contributed by atoms with Gasteiger partial charge in [-0.05, 0) is 55.7 Å². The summed E-state index contributed by atoms with van der Waals surface area (Å²) in [6, 6.07) is 4.82. The second kappa shape index (κ2) is 11.0. The summed E-state index contributed by atoms with van der Waals surface area (Å²) in [7, 11) is -4.38. The Morgan fingerprint density at radius 1 is 1.19 bits per heavy atom. The summed E-state index contributed by atoms with van der Waals surface area (Å²) >= 11 is 0. The molecule has 1 amide bonds. The molecule has 9 nitrogen and oxygen atoms in total. The Hall–Kier alpha value is -4.03. The number of aromatic nitrogens is 3. The number of nitrogens with zero attached hydrogens (tertiary/aromatic N) is 5. The molecule has 222 valence electrons. The van der Waals surface area contributed by atoms with Crippen molar-refractivity contribution in [3.05, 3.63) is 71.2 Å². The second-order valence-corrected chi connectivity index (χ2v) is 12.0. The highest BCUT2D eigenvalue weighted by atomic mass is 32.2. The van der Waals surface area contributed by atoms with Gasteiger partial charge >= 0.3 is 6.18 Å².